The standard InChI is InChI=1S/C26H29N3O3S/c1-2-24(19-7-4-3-5-8-19)26(31)29-13-11-21(12-14-29)28-25(30)20-9-6-10-23(15-20)32-16-22-17-33-18-27-22/h3-10,15,17-18,21,24H,2,11-14,16H2,1H3,(H,28,30). The molecule has 1 aliphatic heterocycles. The van der Waals surface area contributed by atoms with E-state index in [4.69, 9.17) is 4.74 Å². The van der Waals surface area contributed by atoms with Crippen molar-refractivity contribution in [3.63, 3.8) is 0 Å². The van der Waals surface area contributed by atoms with E-state index in [0.717, 1.165) is 30.5 Å². The van der Waals surface area contributed by atoms with Crippen LogP contribution in [0.25, 0.3) is 0 Å². The van der Waals surface area contributed by atoms with Crippen molar-refractivity contribution in [2.75, 3.05) is 13.1 Å². The van der Waals surface area contributed by atoms with Crippen LogP contribution in [0.15, 0.2) is 65.5 Å². The zero-order chi connectivity index (χ0) is 23.0. The Morgan fingerprint density at radius 1 is 1.15 bits per heavy atom. The lowest BCUT2D eigenvalue weighted by atomic mass is 9.93. The van der Waals surface area contributed by atoms with Gasteiger partial charge in [-0.25, -0.2) is 4.98 Å². The van der Waals surface area contributed by atoms with E-state index in [1.807, 2.05) is 52.7 Å². The van der Waals surface area contributed by atoms with Crippen molar-refractivity contribution in [2.45, 2.75) is 44.8 Å². The molecule has 1 fully saturated rings. The first-order chi connectivity index (χ1) is 16.1. The number of amides is 2. The van der Waals surface area contributed by atoms with Gasteiger partial charge in [-0.1, -0.05) is 43.3 Å². The minimum atomic E-state index is -0.116. The molecule has 1 aliphatic rings. The summed E-state index contributed by atoms with van der Waals surface area (Å²) in [7, 11) is 0. The summed E-state index contributed by atoms with van der Waals surface area (Å²) in [6, 6.07) is 17.2. The Balaban J connectivity index is 1.28. The van der Waals surface area contributed by atoms with Crippen molar-refractivity contribution < 1.29 is 14.3 Å². The van der Waals surface area contributed by atoms with E-state index in [1.165, 1.54) is 11.3 Å². The van der Waals surface area contributed by atoms with Crippen LogP contribution in [0.4, 0.5) is 0 Å². The Labute approximate surface area is 198 Å². The Hall–Kier alpha value is -3.19. The highest BCUT2D eigenvalue weighted by atomic mass is 32.1. The smallest absolute Gasteiger partial charge is 0.251 e. The largest absolute Gasteiger partial charge is 0.487 e. The van der Waals surface area contributed by atoms with E-state index in [2.05, 4.69) is 17.2 Å². The minimum absolute atomic E-state index is 0.0536. The summed E-state index contributed by atoms with van der Waals surface area (Å²) in [5, 5.41) is 5.06. The van der Waals surface area contributed by atoms with Crippen molar-refractivity contribution >= 4 is 23.2 Å². The van der Waals surface area contributed by atoms with E-state index in [1.54, 1.807) is 17.6 Å². The normalized spacial score (nSPS) is 15.1. The van der Waals surface area contributed by atoms with Crippen molar-refractivity contribution in [2.24, 2.45) is 0 Å². The number of nitrogens with one attached hydrogen (secondary N) is 1. The summed E-state index contributed by atoms with van der Waals surface area (Å²) in [4.78, 5) is 32.0. The maximum Gasteiger partial charge on any atom is 0.251 e. The lowest BCUT2D eigenvalue weighted by Gasteiger charge is -2.34. The number of piperidine rings is 1. The molecule has 0 spiro atoms. The molecule has 7 heteroatoms. The number of rotatable bonds is 8. The molecule has 3 aromatic rings. The van der Waals surface area contributed by atoms with Gasteiger partial charge in [0.2, 0.25) is 5.91 Å². The molecule has 0 radical (unpaired) electrons. The molecule has 4 rings (SSSR count). The molecule has 1 unspecified atom stereocenters. The number of carbonyl (C=O) groups is 2. The Bertz CT molecular complexity index is 1050. The first-order valence-corrected chi connectivity index (χ1v) is 12.3. The number of ether oxygens (including phenoxy) is 1. The highest BCUT2D eigenvalue weighted by Crippen LogP contribution is 2.24. The molecule has 0 aliphatic carbocycles. The lowest BCUT2D eigenvalue weighted by molar-refractivity contribution is -0.134. The molecule has 1 aromatic heterocycles. The third kappa shape index (κ3) is 5.99. The van der Waals surface area contributed by atoms with E-state index in [0.29, 0.717) is 31.0 Å². The first-order valence-electron chi connectivity index (χ1n) is 11.4. The number of hydrogen-bond donors (Lipinski definition) is 1. The van der Waals surface area contributed by atoms with Gasteiger partial charge < -0.3 is 15.0 Å². The lowest BCUT2D eigenvalue weighted by Crippen LogP contribution is -2.47. The maximum atomic E-state index is 13.1. The van der Waals surface area contributed by atoms with Crippen molar-refractivity contribution in [1.82, 2.24) is 15.2 Å². The second-order valence-corrected chi connectivity index (χ2v) is 8.96. The van der Waals surface area contributed by atoms with E-state index >= 15 is 0 Å². The molecule has 172 valence electrons. The summed E-state index contributed by atoms with van der Waals surface area (Å²) in [6.45, 7) is 3.74. The molecule has 0 saturated carbocycles. The molecular formula is C26H29N3O3S. The molecule has 6 nitrogen and oxygen atoms in total. The molecule has 0 bridgehead atoms. The van der Waals surface area contributed by atoms with Crippen LogP contribution in [0.5, 0.6) is 5.75 Å². The van der Waals surface area contributed by atoms with Gasteiger partial charge in [0.25, 0.3) is 5.91 Å². The monoisotopic (exact) mass is 463 g/mol. The number of hydrogen-bond acceptors (Lipinski definition) is 5. The molecule has 2 amide bonds. The van der Waals surface area contributed by atoms with Crippen LogP contribution in [0.3, 0.4) is 0 Å². The fourth-order valence-corrected chi connectivity index (χ4v) is 4.71. The molecule has 33 heavy (non-hydrogen) atoms. The highest BCUT2D eigenvalue weighted by molar-refractivity contribution is 7.07. The van der Waals surface area contributed by atoms with Gasteiger partial charge in [0.1, 0.15) is 12.4 Å². The fourth-order valence-electron chi connectivity index (χ4n) is 4.16. The van der Waals surface area contributed by atoms with Crippen LogP contribution < -0.4 is 10.1 Å². The Morgan fingerprint density at radius 2 is 1.94 bits per heavy atom. The van der Waals surface area contributed by atoms with Crippen LogP contribution in [-0.2, 0) is 11.4 Å². The summed E-state index contributed by atoms with van der Waals surface area (Å²) < 4.78 is 5.76. The molecular weight excluding hydrogens is 434 g/mol. The van der Waals surface area contributed by atoms with Gasteiger partial charge in [0.15, 0.2) is 0 Å². The predicted octanol–water partition coefficient (Wildman–Crippen LogP) is 4.64. The number of carbonyl (C=O) groups excluding carboxylic acids is 2. The molecule has 1 atom stereocenters. The van der Waals surface area contributed by atoms with Crippen molar-refractivity contribution in [3.8, 4) is 5.75 Å². The van der Waals surface area contributed by atoms with Crippen LogP contribution in [0.2, 0.25) is 0 Å². The predicted molar refractivity (Wildman–Crippen MR) is 129 cm³/mol. The third-order valence-electron chi connectivity index (χ3n) is 6.02. The average molecular weight is 464 g/mol. The van der Waals surface area contributed by atoms with Gasteiger partial charge in [-0.2, -0.15) is 0 Å². The van der Waals surface area contributed by atoms with Crippen molar-refractivity contribution in [1.29, 1.82) is 0 Å². The first kappa shape index (κ1) is 23.0. The Kier molecular flexibility index (Phi) is 7.73. The Morgan fingerprint density at radius 3 is 2.64 bits per heavy atom. The summed E-state index contributed by atoms with van der Waals surface area (Å²) in [5.74, 6) is 0.597. The van der Waals surface area contributed by atoms with E-state index in [9.17, 15) is 9.59 Å². The number of aromatic nitrogens is 1. The molecule has 2 heterocycles. The zero-order valence-electron chi connectivity index (χ0n) is 18.8. The molecule has 1 saturated heterocycles. The summed E-state index contributed by atoms with van der Waals surface area (Å²) in [5.41, 5.74) is 4.27. The minimum Gasteiger partial charge on any atom is -0.487 e. The molecule has 1 N–H and O–H groups in total. The second kappa shape index (κ2) is 11.1. The quantitative estimate of drug-likeness (QED) is 0.528. The maximum absolute atomic E-state index is 13.1. The topological polar surface area (TPSA) is 71.5 Å². The number of thiazole rings is 1. The van der Waals surface area contributed by atoms with E-state index < -0.39 is 0 Å². The van der Waals surface area contributed by atoms with Gasteiger partial charge in [-0.05, 0) is 43.0 Å². The number of benzene rings is 2. The van der Waals surface area contributed by atoms with Crippen LogP contribution in [0, 0.1) is 0 Å². The van der Waals surface area contributed by atoms with Gasteiger partial charge in [-0.15, -0.1) is 11.3 Å². The zero-order valence-corrected chi connectivity index (χ0v) is 19.6. The van der Waals surface area contributed by atoms with Gasteiger partial charge in [0, 0.05) is 30.1 Å². The van der Waals surface area contributed by atoms with Crippen LogP contribution in [0.1, 0.15) is 53.7 Å². The summed E-state index contributed by atoms with van der Waals surface area (Å²) >= 11 is 1.53. The molecule has 2 aromatic carbocycles. The highest BCUT2D eigenvalue weighted by Gasteiger charge is 2.29. The van der Waals surface area contributed by atoms with Gasteiger partial charge >= 0.3 is 0 Å². The van der Waals surface area contributed by atoms with E-state index in [-0.39, 0.29) is 23.8 Å². The number of likely N-dealkylation sites (tertiary alicyclic amines) is 1. The fraction of sp³-hybridized carbons (Fsp3) is 0.346. The van der Waals surface area contributed by atoms with Crippen molar-refractivity contribution in [3.05, 3.63) is 82.3 Å². The van der Waals surface area contributed by atoms with Gasteiger partial charge in [0.05, 0.1) is 17.1 Å². The SMILES string of the molecule is CCC(C(=O)N1CCC(NC(=O)c2cccc(OCc3cscn3)c2)CC1)c1ccccc1. The summed E-state index contributed by atoms with van der Waals surface area (Å²) in [6.07, 6.45) is 2.28. The number of nitrogens with zero attached hydrogens (tertiary/aromatic N) is 2. The van der Waals surface area contributed by atoms with Crippen LogP contribution >= 0.6 is 11.3 Å². The van der Waals surface area contributed by atoms with Crippen LogP contribution in [-0.4, -0.2) is 40.8 Å². The van der Waals surface area contributed by atoms with Gasteiger partial charge in [-0.3, -0.25) is 9.59 Å². The second-order valence-electron chi connectivity index (χ2n) is 8.24. The average Bonchev–Trinajstić information content (AvgIpc) is 3.38. The third-order valence-corrected chi connectivity index (χ3v) is 6.65.